The van der Waals surface area contributed by atoms with Crippen molar-refractivity contribution in [1.29, 1.82) is 0 Å². The van der Waals surface area contributed by atoms with Gasteiger partial charge in [-0.25, -0.2) is 0 Å². The quantitative estimate of drug-likeness (QED) is 0.514. The molecule has 0 radical (unpaired) electrons. The van der Waals surface area contributed by atoms with Gasteiger partial charge in [-0.05, 0) is 48.5 Å². The van der Waals surface area contributed by atoms with E-state index in [1.54, 1.807) is 0 Å². The third-order valence-electron chi connectivity index (χ3n) is 2.76. The smallest absolute Gasteiger partial charge is 0.264 e. The summed E-state index contributed by atoms with van der Waals surface area (Å²) in [5.74, 6) is 0. The Labute approximate surface area is 150 Å². The van der Waals surface area contributed by atoms with Crippen molar-refractivity contribution < 1.29 is 25.2 Å². The molecule has 0 unspecified atom stereocenters. The lowest BCUT2D eigenvalue weighted by Crippen LogP contribution is -2.15. The van der Waals surface area contributed by atoms with Crippen LogP contribution in [0, 0.1) is 0 Å². The van der Waals surface area contributed by atoms with E-state index in [1.807, 2.05) is 0 Å². The van der Waals surface area contributed by atoms with E-state index in [4.69, 9.17) is 31.6 Å². The summed E-state index contributed by atoms with van der Waals surface area (Å²) in [6.07, 6.45) is 0. The van der Waals surface area contributed by atoms with Crippen LogP contribution in [0.2, 0.25) is 10.0 Å². The second-order valence-corrected chi connectivity index (χ2v) is 8.56. The van der Waals surface area contributed by atoms with Gasteiger partial charge in [-0.3, -0.25) is 8.37 Å². The van der Waals surface area contributed by atoms with Gasteiger partial charge in [0.2, 0.25) is 0 Å². The summed E-state index contributed by atoms with van der Waals surface area (Å²) >= 11 is 11.4. The summed E-state index contributed by atoms with van der Waals surface area (Å²) in [7, 11) is -8.03. The molecular weight excluding hydrogens is 399 g/mol. The Bertz CT molecular complexity index is 814. The first-order valence-corrected chi connectivity index (χ1v) is 10.1. The Hall–Kier alpha value is -1.16. The predicted molar refractivity (Wildman–Crippen MR) is 89.2 cm³/mol. The summed E-state index contributed by atoms with van der Waals surface area (Å²) < 4.78 is 57.0. The maximum atomic E-state index is 11.9. The highest BCUT2D eigenvalue weighted by atomic mass is 35.5. The Morgan fingerprint density at radius 3 is 1.21 bits per heavy atom. The van der Waals surface area contributed by atoms with Crippen molar-refractivity contribution in [1.82, 2.24) is 0 Å². The zero-order chi connectivity index (χ0) is 17.8. The standard InChI is InChI=1S/C14H12Cl2O6S2/c15-11-1-5-13(6-2-11)23(17,18)21-9-10-22-24(19,20)14-7-3-12(16)4-8-14/h1-8H,9-10H2. The van der Waals surface area contributed by atoms with Gasteiger partial charge in [-0.2, -0.15) is 16.8 Å². The molecule has 2 rings (SSSR count). The number of benzene rings is 2. The topological polar surface area (TPSA) is 86.7 Å². The average Bonchev–Trinajstić information content (AvgIpc) is 2.52. The minimum atomic E-state index is -4.02. The summed E-state index contributed by atoms with van der Waals surface area (Å²) in [5.41, 5.74) is 0. The summed E-state index contributed by atoms with van der Waals surface area (Å²) in [6.45, 7) is -0.921. The molecule has 0 aliphatic carbocycles. The maximum Gasteiger partial charge on any atom is 0.297 e. The first-order chi connectivity index (χ1) is 11.2. The predicted octanol–water partition coefficient (Wildman–Crippen LogP) is 3.10. The van der Waals surface area contributed by atoms with Crippen molar-refractivity contribution in [3.05, 3.63) is 58.6 Å². The summed E-state index contributed by atoms with van der Waals surface area (Å²) in [5, 5.41) is 0.762. The highest BCUT2D eigenvalue weighted by molar-refractivity contribution is 7.87. The molecule has 0 atom stereocenters. The van der Waals surface area contributed by atoms with Crippen molar-refractivity contribution in [2.45, 2.75) is 9.79 Å². The van der Waals surface area contributed by atoms with Crippen LogP contribution >= 0.6 is 23.2 Å². The summed E-state index contributed by atoms with van der Waals surface area (Å²) in [4.78, 5) is -0.181. The van der Waals surface area contributed by atoms with Crippen LogP contribution in [-0.2, 0) is 28.6 Å². The number of hydrogen-bond donors (Lipinski definition) is 0. The van der Waals surface area contributed by atoms with E-state index in [9.17, 15) is 16.8 Å². The lowest BCUT2D eigenvalue weighted by atomic mass is 10.4. The molecule has 0 aliphatic heterocycles. The Morgan fingerprint density at radius 2 is 0.917 bits per heavy atom. The fraction of sp³-hybridized carbons (Fsp3) is 0.143. The van der Waals surface area contributed by atoms with E-state index in [2.05, 4.69) is 0 Å². The SMILES string of the molecule is O=S(=O)(OCCOS(=O)(=O)c1ccc(Cl)cc1)c1ccc(Cl)cc1. The van der Waals surface area contributed by atoms with Gasteiger partial charge in [-0.15, -0.1) is 0 Å². The molecule has 0 saturated carbocycles. The van der Waals surface area contributed by atoms with Crippen molar-refractivity contribution >= 4 is 43.4 Å². The van der Waals surface area contributed by atoms with Crippen molar-refractivity contribution in [2.75, 3.05) is 13.2 Å². The third kappa shape index (κ3) is 5.17. The van der Waals surface area contributed by atoms with Gasteiger partial charge in [0.1, 0.15) is 0 Å². The van der Waals surface area contributed by atoms with Crippen LogP contribution in [0.25, 0.3) is 0 Å². The molecule has 0 N–H and O–H groups in total. The number of hydrogen-bond acceptors (Lipinski definition) is 6. The van der Waals surface area contributed by atoms with Crippen LogP contribution in [0.3, 0.4) is 0 Å². The summed E-state index contributed by atoms with van der Waals surface area (Å²) in [6, 6.07) is 10.7. The molecule has 0 heterocycles. The molecule has 0 amide bonds. The fourth-order valence-corrected chi connectivity index (χ4v) is 3.66. The molecule has 2 aromatic carbocycles. The van der Waals surface area contributed by atoms with Gasteiger partial charge in [0, 0.05) is 10.0 Å². The van der Waals surface area contributed by atoms with Crippen LogP contribution in [-0.4, -0.2) is 30.0 Å². The van der Waals surface area contributed by atoms with Gasteiger partial charge in [0.15, 0.2) is 0 Å². The highest BCUT2D eigenvalue weighted by Crippen LogP contribution is 2.18. The molecular formula is C14H12Cl2O6S2. The number of rotatable bonds is 7. The van der Waals surface area contributed by atoms with Crippen molar-refractivity contribution in [2.24, 2.45) is 0 Å². The molecule has 2 aromatic rings. The maximum absolute atomic E-state index is 11.9. The van der Waals surface area contributed by atoms with Crippen molar-refractivity contribution in [3.8, 4) is 0 Å². The highest BCUT2D eigenvalue weighted by Gasteiger charge is 2.18. The molecule has 10 heteroatoms. The van der Waals surface area contributed by atoms with E-state index in [0.29, 0.717) is 10.0 Å². The third-order valence-corrected chi connectivity index (χ3v) is 5.92. The first-order valence-electron chi connectivity index (χ1n) is 6.51. The lowest BCUT2D eigenvalue weighted by molar-refractivity contribution is 0.224. The van der Waals surface area contributed by atoms with Crippen LogP contribution in [0.4, 0.5) is 0 Å². The van der Waals surface area contributed by atoms with E-state index in [1.165, 1.54) is 48.5 Å². The Kier molecular flexibility index (Phi) is 6.24. The van der Waals surface area contributed by atoms with Gasteiger partial charge in [0.05, 0.1) is 23.0 Å². The Morgan fingerprint density at radius 1 is 0.625 bits per heavy atom. The minimum Gasteiger partial charge on any atom is -0.264 e. The second-order valence-electron chi connectivity index (χ2n) is 4.46. The van der Waals surface area contributed by atoms with Crippen molar-refractivity contribution in [3.63, 3.8) is 0 Å². The molecule has 0 fully saturated rings. The molecule has 0 saturated heterocycles. The number of halogens is 2. The monoisotopic (exact) mass is 410 g/mol. The second kappa shape index (κ2) is 7.81. The largest absolute Gasteiger partial charge is 0.297 e. The zero-order valence-electron chi connectivity index (χ0n) is 12.1. The van der Waals surface area contributed by atoms with Gasteiger partial charge >= 0.3 is 0 Å². The van der Waals surface area contributed by atoms with E-state index in [-0.39, 0.29) is 9.79 Å². The Balaban J connectivity index is 1.92. The van der Waals surface area contributed by atoms with Crippen LogP contribution < -0.4 is 0 Å². The van der Waals surface area contributed by atoms with Gasteiger partial charge < -0.3 is 0 Å². The zero-order valence-corrected chi connectivity index (χ0v) is 15.2. The average molecular weight is 411 g/mol. The molecule has 24 heavy (non-hydrogen) atoms. The fourth-order valence-electron chi connectivity index (χ4n) is 1.63. The van der Waals surface area contributed by atoms with Crippen LogP contribution in [0.5, 0.6) is 0 Å². The molecule has 0 spiro atoms. The molecule has 0 aromatic heterocycles. The molecule has 130 valence electrons. The van der Waals surface area contributed by atoms with Gasteiger partial charge in [-0.1, -0.05) is 23.2 Å². The molecule has 0 bridgehead atoms. The van der Waals surface area contributed by atoms with E-state index < -0.39 is 33.5 Å². The normalized spacial score (nSPS) is 12.2. The molecule has 0 aliphatic rings. The van der Waals surface area contributed by atoms with E-state index in [0.717, 1.165) is 0 Å². The van der Waals surface area contributed by atoms with Crippen LogP contribution in [0.1, 0.15) is 0 Å². The first kappa shape index (κ1) is 19.2. The van der Waals surface area contributed by atoms with Crippen LogP contribution in [0.15, 0.2) is 58.3 Å². The minimum absolute atomic E-state index is 0.0903. The lowest BCUT2D eigenvalue weighted by Gasteiger charge is -2.07. The van der Waals surface area contributed by atoms with E-state index >= 15 is 0 Å². The molecule has 6 nitrogen and oxygen atoms in total. The van der Waals surface area contributed by atoms with Gasteiger partial charge in [0.25, 0.3) is 20.2 Å².